The highest BCUT2D eigenvalue weighted by Crippen LogP contribution is 2.18. The maximum atomic E-state index is 12.4. The van der Waals surface area contributed by atoms with Crippen molar-refractivity contribution in [2.24, 2.45) is 5.92 Å². The van der Waals surface area contributed by atoms with Crippen LogP contribution >= 0.6 is 0 Å². The monoisotopic (exact) mass is 297 g/mol. The van der Waals surface area contributed by atoms with E-state index in [2.05, 4.69) is 18.6 Å². The van der Waals surface area contributed by atoms with E-state index in [0.29, 0.717) is 10.8 Å². The van der Waals surface area contributed by atoms with Crippen LogP contribution in [0.3, 0.4) is 0 Å². The number of sulfonamides is 1. The van der Waals surface area contributed by atoms with Gasteiger partial charge in [-0.15, -0.1) is 0 Å². The second-order valence-electron chi connectivity index (χ2n) is 6.12. The first-order valence-electron chi connectivity index (χ1n) is 7.32. The molecule has 114 valence electrons. The average molecular weight is 297 g/mol. The van der Waals surface area contributed by atoms with Gasteiger partial charge in [0.25, 0.3) is 0 Å². The molecule has 1 N–H and O–H groups in total. The van der Waals surface area contributed by atoms with E-state index in [1.54, 1.807) is 6.07 Å². The fourth-order valence-corrected chi connectivity index (χ4v) is 3.82. The van der Waals surface area contributed by atoms with Gasteiger partial charge in [0.05, 0.1) is 4.90 Å². The Morgan fingerprint density at radius 1 is 1.10 bits per heavy atom. The highest BCUT2D eigenvalue weighted by Gasteiger charge is 2.19. The number of hydrogen-bond donors (Lipinski definition) is 1. The van der Waals surface area contributed by atoms with Crippen LogP contribution in [0.1, 0.15) is 51.2 Å². The summed E-state index contributed by atoms with van der Waals surface area (Å²) < 4.78 is 27.6. The van der Waals surface area contributed by atoms with Crippen LogP contribution < -0.4 is 4.72 Å². The maximum Gasteiger partial charge on any atom is 0.241 e. The summed E-state index contributed by atoms with van der Waals surface area (Å²) in [5.41, 5.74) is 1.75. The summed E-state index contributed by atoms with van der Waals surface area (Å²) >= 11 is 0. The fourth-order valence-electron chi connectivity index (χ4n) is 2.22. The quantitative estimate of drug-likeness (QED) is 0.832. The highest BCUT2D eigenvalue weighted by atomic mass is 32.2. The van der Waals surface area contributed by atoms with E-state index >= 15 is 0 Å². The third-order valence-corrected chi connectivity index (χ3v) is 5.14. The van der Waals surface area contributed by atoms with Crippen molar-refractivity contribution in [2.45, 2.75) is 64.8 Å². The van der Waals surface area contributed by atoms with Gasteiger partial charge in [-0.2, -0.15) is 0 Å². The van der Waals surface area contributed by atoms with E-state index in [4.69, 9.17) is 0 Å². The smallest absolute Gasteiger partial charge is 0.208 e. The van der Waals surface area contributed by atoms with E-state index in [0.717, 1.165) is 30.4 Å². The number of benzene rings is 1. The lowest BCUT2D eigenvalue weighted by atomic mass is 10.0. The van der Waals surface area contributed by atoms with Crippen molar-refractivity contribution in [1.29, 1.82) is 0 Å². The molecule has 0 radical (unpaired) electrons. The van der Waals surface area contributed by atoms with Crippen LogP contribution in [0.5, 0.6) is 0 Å². The Morgan fingerprint density at radius 2 is 1.75 bits per heavy atom. The van der Waals surface area contributed by atoms with Crippen molar-refractivity contribution in [3.63, 3.8) is 0 Å². The summed E-state index contributed by atoms with van der Waals surface area (Å²) in [6, 6.07) is 5.49. The third-order valence-electron chi connectivity index (χ3n) is 3.41. The minimum Gasteiger partial charge on any atom is -0.208 e. The number of aryl methyl sites for hydroxylation is 2. The molecule has 1 aromatic carbocycles. The first kappa shape index (κ1) is 17.2. The zero-order chi connectivity index (χ0) is 15.3. The van der Waals surface area contributed by atoms with Gasteiger partial charge in [0.15, 0.2) is 0 Å². The molecule has 0 aromatic heterocycles. The molecular formula is C16H27NO2S. The highest BCUT2D eigenvalue weighted by molar-refractivity contribution is 7.89. The fraction of sp³-hybridized carbons (Fsp3) is 0.625. The summed E-state index contributed by atoms with van der Waals surface area (Å²) in [5, 5.41) is 0. The Bertz CT molecular complexity index is 535. The Kier molecular flexibility index (Phi) is 6.21. The first-order chi connectivity index (χ1) is 9.22. The summed E-state index contributed by atoms with van der Waals surface area (Å²) in [4.78, 5) is 0.396. The topological polar surface area (TPSA) is 46.2 Å². The molecule has 1 atom stereocenters. The van der Waals surface area contributed by atoms with Crippen LogP contribution in [-0.4, -0.2) is 14.5 Å². The van der Waals surface area contributed by atoms with Gasteiger partial charge in [-0.1, -0.05) is 38.8 Å². The molecule has 20 heavy (non-hydrogen) atoms. The molecule has 1 unspecified atom stereocenters. The lowest BCUT2D eigenvalue weighted by molar-refractivity contribution is 0.488. The molecule has 0 saturated heterocycles. The molecule has 0 bridgehead atoms. The van der Waals surface area contributed by atoms with E-state index in [-0.39, 0.29) is 6.04 Å². The van der Waals surface area contributed by atoms with Crippen LogP contribution in [0.25, 0.3) is 0 Å². The van der Waals surface area contributed by atoms with Crippen molar-refractivity contribution < 1.29 is 8.42 Å². The van der Waals surface area contributed by atoms with Crippen LogP contribution in [0.4, 0.5) is 0 Å². The Balaban J connectivity index is 2.72. The Hall–Kier alpha value is -0.870. The largest absolute Gasteiger partial charge is 0.241 e. The minimum absolute atomic E-state index is 0.0290. The molecule has 1 rings (SSSR count). The lowest BCUT2D eigenvalue weighted by Gasteiger charge is -2.16. The molecule has 0 fully saturated rings. The normalized spacial score (nSPS) is 13.7. The predicted molar refractivity (Wildman–Crippen MR) is 84.4 cm³/mol. The number of rotatable bonds is 7. The Labute approximate surface area is 123 Å². The molecular weight excluding hydrogens is 270 g/mol. The van der Waals surface area contributed by atoms with Crippen molar-refractivity contribution in [3.8, 4) is 0 Å². The number of hydrogen-bond acceptors (Lipinski definition) is 2. The van der Waals surface area contributed by atoms with Crippen LogP contribution in [0.15, 0.2) is 23.1 Å². The standard InChI is InChI=1S/C16H27NO2S/c1-12(2)7-6-8-15(5)17-20(18,19)16-11-13(3)9-10-14(16)4/h9-12,15,17H,6-8H2,1-5H3. The maximum absolute atomic E-state index is 12.4. The summed E-state index contributed by atoms with van der Waals surface area (Å²) in [6.07, 6.45) is 3.06. The van der Waals surface area contributed by atoms with Crippen molar-refractivity contribution >= 4 is 10.0 Å². The molecule has 0 amide bonds. The van der Waals surface area contributed by atoms with Gasteiger partial charge in [-0.05, 0) is 50.3 Å². The molecule has 3 nitrogen and oxygen atoms in total. The molecule has 0 heterocycles. The van der Waals surface area contributed by atoms with Crippen molar-refractivity contribution in [1.82, 2.24) is 4.72 Å². The third kappa shape index (κ3) is 5.25. The SMILES string of the molecule is Cc1ccc(C)c(S(=O)(=O)NC(C)CCCC(C)C)c1. The van der Waals surface area contributed by atoms with Gasteiger partial charge in [-0.3, -0.25) is 0 Å². The second kappa shape index (κ2) is 7.23. The summed E-state index contributed by atoms with van der Waals surface area (Å²) in [6.45, 7) is 10.0. The predicted octanol–water partition coefficient (Wildman–Crippen LogP) is 3.80. The molecule has 4 heteroatoms. The lowest BCUT2D eigenvalue weighted by Crippen LogP contribution is -2.33. The first-order valence-corrected chi connectivity index (χ1v) is 8.80. The van der Waals surface area contributed by atoms with Crippen LogP contribution in [-0.2, 0) is 10.0 Å². The van der Waals surface area contributed by atoms with Gasteiger partial charge in [0.1, 0.15) is 0 Å². The van der Waals surface area contributed by atoms with Gasteiger partial charge in [0.2, 0.25) is 10.0 Å². The van der Waals surface area contributed by atoms with E-state index in [1.165, 1.54) is 0 Å². The van der Waals surface area contributed by atoms with Gasteiger partial charge in [0, 0.05) is 6.04 Å². The zero-order valence-electron chi connectivity index (χ0n) is 13.2. The molecule has 0 aliphatic rings. The zero-order valence-corrected chi connectivity index (χ0v) is 14.0. The van der Waals surface area contributed by atoms with E-state index < -0.39 is 10.0 Å². The van der Waals surface area contributed by atoms with Gasteiger partial charge < -0.3 is 0 Å². The van der Waals surface area contributed by atoms with Gasteiger partial charge >= 0.3 is 0 Å². The van der Waals surface area contributed by atoms with Gasteiger partial charge in [-0.25, -0.2) is 13.1 Å². The van der Waals surface area contributed by atoms with Crippen molar-refractivity contribution in [2.75, 3.05) is 0 Å². The Morgan fingerprint density at radius 3 is 2.35 bits per heavy atom. The summed E-state index contributed by atoms with van der Waals surface area (Å²) in [5.74, 6) is 0.665. The molecule has 0 aliphatic heterocycles. The number of nitrogens with one attached hydrogen (secondary N) is 1. The average Bonchev–Trinajstić information content (AvgIpc) is 2.31. The molecule has 0 aliphatic carbocycles. The van der Waals surface area contributed by atoms with Crippen LogP contribution in [0.2, 0.25) is 0 Å². The van der Waals surface area contributed by atoms with Crippen LogP contribution in [0, 0.1) is 19.8 Å². The molecule has 0 spiro atoms. The van der Waals surface area contributed by atoms with E-state index in [9.17, 15) is 8.42 Å². The molecule has 1 aromatic rings. The van der Waals surface area contributed by atoms with Crippen molar-refractivity contribution in [3.05, 3.63) is 29.3 Å². The van der Waals surface area contributed by atoms with E-state index in [1.807, 2.05) is 32.9 Å². The summed E-state index contributed by atoms with van der Waals surface area (Å²) in [7, 11) is -3.41. The second-order valence-corrected chi connectivity index (χ2v) is 7.80. The minimum atomic E-state index is -3.41. The molecule has 0 saturated carbocycles.